The van der Waals surface area contributed by atoms with Gasteiger partial charge in [0.25, 0.3) is 0 Å². The van der Waals surface area contributed by atoms with Gasteiger partial charge in [0.2, 0.25) is 0 Å². The first-order valence-corrected chi connectivity index (χ1v) is 6.17. The number of para-hydroxylation sites is 2. The molecule has 0 saturated heterocycles. The Morgan fingerprint density at radius 1 is 1.00 bits per heavy atom. The number of ether oxygens (including phenoxy) is 1. The number of anilines is 1. The second-order valence-corrected chi connectivity index (χ2v) is 4.26. The number of hydrogen-bond acceptors (Lipinski definition) is 4. The molecule has 0 fully saturated rings. The molecule has 100 valence electrons. The number of methoxy groups -OCH3 is 1. The van der Waals surface area contributed by atoms with Crippen LogP contribution in [-0.2, 0) is 4.74 Å². The zero-order chi connectivity index (χ0) is 13.9. The smallest absolute Gasteiger partial charge is 0.425 e. The third-order valence-corrected chi connectivity index (χ3v) is 3.06. The summed E-state index contributed by atoms with van der Waals surface area (Å²) in [5, 5.41) is 1.87. The van der Waals surface area contributed by atoms with Crippen LogP contribution >= 0.6 is 0 Å². The number of rotatable bonds is 2. The SMILES string of the molecule is COC(=O)NNc1c2ccccc2nc2ccccc12. The van der Waals surface area contributed by atoms with E-state index in [1.165, 1.54) is 7.11 Å². The minimum absolute atomic E-state index is 0.546. The van der Waals surface area contributed by atoms with E-state index in [1.807, 2.05) is 48.5 Å². The largest absolute Gasteiger partial charge is 0.452 e. The molecule has 0 atom stereocenters. The summed E-state index contributed by atoms with van der Waals surface area (Å²) < 4.78 is 4.57. The van der Waals surface area contributed by atoms with Crippen LogP contribution < -0.4 is 10.9 Å². The fourth-order valence-corrected chi connectivity index (χ4v) is 2.14. The lowest BCUT2D eigenvalue weighted by Crippen LogP contribution is -2.29. The van der Waals surface area contributed by atoms with Crippen molar-refractivity contribution in [3.63, 3.8) is 0 Å². The highest BCUT2D eigenvalue weighted by molar-refractivity contribution is 6.07. The van der Waals surface area contributed by atoms with E-state index in [0.717, 1.165) is 27.5 Å². The van der Waals surface area contributed by atoms with Crippen molar-refractivity contribution in [3.8, 4) is 0 Å². The van der Waals surface area contributed by atoms with Gasteiger partial charge in [-0.05, 0) is 12.1 Å². The van der Waals surface area contributed by atoms with Gasteiger partial charge in [-0.1, -0.05) is 36.4 Å². The second-order valence-electron chi connectivity index (χ2n) is 4.26. The van der Waals surface area contributed by atoms with Gasteiger partial charge < -0.3 is 4.74 Å². The normalized spacial score (nSPS) is 10.4. The van der Waals surface area contributed by atoms with Crippen molar-refractivity contribution in [2.75, 3.05) is 12.5 Å². The Kier molecular flexibility index (Phi) is 3.09. The van der Waals surface area contributed by atoms with Crippen molar-refractivity contribution in [1.82, 2.24) is 10.4 Å². The molecule has 2 N–H and O–H groups in total. The van der Waals surface area contributed by atoms with E-state index in [0.29, 0.717) is 0 Å². The molecule has 0 aliphatic carbocycles. The van der Waals surface area contributed by atoms with Gasteiger partial charge in [-0.2, -0.15) is 0 Å². The number of carbonyl (C=O) groups excluding carboxylic acids is 1. The van der Waals surface area contributed by atoms with E-state index < -0.39 is 6.09 Å². The van der Waals surface area contributed by atoms with Gasteiger partial charge in [0.15, 0.2) is 0 Å². The second kappa shape index (κ2) is 5.05. The Labute approximate surface area is 115 Å². The number of carbonyl (C=O) groups is 1. The Hall–Kier alpha value is -2.82. The maximum absolute atomic E-state index is 11.2. The van der Waals surface area contributed by atoms with Crippen LogP contribution in [0.15, 0.2) is 48.5 Å². The lowest BCUT2D eigenvalue weighted by atomic mass is 10.1. The fraction of sp³-hybridized carbons (Fsp3) is 0.0667. The average Bonchev–Trinajstić information content (AvgIpc) is 2.51. The van der Waals surface area contributed by atoms with Crippen molar-refractivity contribution in [1.29, 1.82) is 0 Å². The molecule has 0 radical (unpaired) electrons. The molecule has 0 unspecified atom stereocenters. The predicted molar refractivity (Wildman–Crippen MR) is 78.4 cm³/mol. The predicted octanol–water partition coefficient (Wildman–Crippen LogP) is 3.07. The molecule has 1 heterocycles. The zero-order valence-electron chi connectivity index (χ0n) is 10.9. The van der Waals surface area contributed by atoms with Gasteiger partial charge in [-0.15, -0.1) is 0 Å². The molecular formula is C15H13N3O2. The summed E-state index contributed by atoms with van der Waals surface area (Å²) in [4.78, 5) is 15.8. The van der Waals surface area contributed by atoms with E-state index in [9.17, 15) is 4.79 Å². The van der Waals surface area contributed by atoms with Crippen molar-refractivity contribution < 1.29 is 9.53 Å². The number of aromatic nitrogens is 1. The number of fused-ring (bicyclic) bond motifs is 2. The maximum atomic E-state index is 11.2. The highest BCUT2D eigenvalue weighted by Gasteiger charge is 2.09. The van der Waals surface area contributed by atoms with Gasteiger partial charge >= 0.3 is 6.09 Å². The number of hydrazine groups is 1. The average molecular weight is 267 g/mol. The van der Waals surface area contributed by atoms with Crippen LogP contribution in [0.3, 0.4) is 0 Å². The summed E-state index contributed by atoms with van der Waals surface area (Å²) in [6.45, 7) is 0. The minimum Gasteiger partial charge on any atom is -0.452 e. The molecule has 0 aliphatic rings. The van der Waals surface area contributed by atoms with Crippen molar-refractivity contribution in [2.45, 2.75) is 0 Å². The van der Waals surface area contributed by atoms with Gasteiger partial charge in [0.1, 0.15) is 0 Å². The quantitative estimate of drug-likeness (QED) is 0.553. The number of benzene rings is 2. The van der Waals surface area contributed by atoms with Crippen LogP contribution in [0.1, 0.15) is 0 Å². The molecule has 2 aromatic carbocycles. The fourth-order valence-electron chi connectivity index (χ4n) is 2.14. The van der Waals surface area contributed by atoms with Crippen LogP contribution in [0, 0.1) is 0 Å². The topological polar surface area (TPSA) is 63.2 Å². The summed E-state index contributed by atoms with van der Waals surface area (Å²) in [7, 11) is 1.32. The minimum atomic E-state index is -0.546. The van der Waals surface area contributed by atoms with Crippen LogP contribution in [0.5, 0.6) is 0 Å². The zero-order valence-corrected chi connectivity index (χ0v) is 10.9. The molecule has 1 amide bonds. The molecule has 0 bridgehead atoms. The molecule has 3 aromatic rings. The molecule has 0 spiro atoms. The van der Waals surface area contributed by atoms with Gasteiger partial charge in [0, 0.05) is 10.8 Å². The summed E-state index contributed by atoms with van der Waals surface area (Å²) >= 11 is 0. The van der Waals surface area contributed by atoms with Crippen LogP contribution in [0.2, 0.25) is 0 Å². The van der Waals surface area contributed by atoms with Crippen molar-refractivity contribution in [3.05, 3.63) is 48.5 Å². The lowest BCUT2D eigenvalue weighted by molar-refractivity contribution is 0.173. The molecule has 1 aromatic heterocycles. The van der Waals surface area contributed by atoms with Crippen LogP contribution in [0.4, 0.5) is 10.5 Å². The van der Waals surface area contributed by atoms with Crippen molar-refractivity contribution in [2.24, 2.45) is 0 Å². The molecule has 0 saturated carbocycles. The Bertz CT molecular complexity index is 732. The molecule has 20 heavy (non-hydrogen) atoms. The number of amides is 1. The monoisotopic (exact) mass is 267 g/mol. The molecule has 3 rings (SSSR count). The molecule has 5 nitrogen and oxygen atoms in total. The molecule has 5 heteroatoms. The summed E-state index contributed by atoms with van der Waals surface area (Å²) in [5.41, 5.74) is 7.94. The number of hydrogen-bond donors (Lipinski definition) is 2. The van der Waals surface area contributed by atoms with E-state index in [1.54, 1.807) is 0 Å². The van der Waals surface area contributed by atoms with E-state index in [2.05, 4.69) is 20.6 Å². The van der Waals surface area contributed by atoms with E-state index in [4.69, 9.17) is 0 Å². The third-order valence-electron chi connectivity index (χ3n) is 3.06. The van der Waals surface area contributed by atoms with Gasteiger partial charge in [-0.3, -0.25) is 5.43 Å². The highest BCUT2D eigenvalue weighted by atomic mass is 16.5. The summed E-state index contributed by atoms with van der Waals surface area (Å²) in [6.07, 6.45) is -0.546. The van der Waals surface area contributed by atoms with Crippen molar-refractivity contribution >= 4 is 33.6 Å². The Balaban J connectivity index is 2.20. The lowest BCUT2D eigenvalue weighted by Gasteiger charge is -2.13. The highest BCUT2D eigenvalue weighted by Crippen LogP contribution is 2.29. The third kappa shape index (κ3) is 2.09. The standard InChI is InChI=1S/C15H13N3O2/c1-20-15(19)18-17-14-10-6-2-4-8-12(10)16-13-9-5-3-7-11(13)14/h2-9H,1H3,(H,16,17)(H,18,19). The van der Waals surface area contributed by atoms with E-state index >= 15 is 0 Å². The van der Waals surface area contributed by atoms with Gasteiger partial charge in [-0.25, -0.2) is 15.2 Å². The van der Waals surface area contributed by atoms with Crippen LogP contribution in [-0.4, -0.2) is 18.2 Å². The molecular weight excluding hydrogens is 254 g/mol. The first-order valence-electron chi connectivity index (χ1n) is 6.17. The Morgan fingerprint density at radius 3 is 2.10 bits per heavy atom. The number of pyridine rings is 1. The summed E-state index contributed by atoms with van der Waals surface area (Å²) in [5.74, 6) is 0. The Morgan fingerprint density at radius 2 is 1.55 bits per heavy atom. The first-order chi connectivity index (χ1) is 9.79. The number of nitrogens with one attached hydrogen (secondary N) is 2. The van der Waals surface area contributed by atoms with E-state index in [-0.39, 0.29) is 0 Å². The van der Waals surface area contributed by atoms with Gasteiger partial charge in [0.05, 0.1) is 23.8 Å². The molecule has 0 aliphatic heterocycles. The van der Waals surface area contributed by atoms with Crippen LogP contribution in [0.25, 0.3) is 21.8 Å². The summed E-state index contributed by atoms with van der Waals surface area (Å²) in [6, 6.07) is 15.5. The maximum Gasteiger partial charge on any atom is 0.425 e. The number of nitrogens with zero attached hydrogens (tertiary/aromatic N) is 1. The first kappa shape index (κ1) is 12.2.